The fourth-order valence-corrected chi connectivity index (χ4v) is 2.18. The minimum absolute atomic E-state index is 0.0613. The Morgan fingerprint density at radius 1 is 1.31 bits per heavy atom. The third kappa shape index (κ3) is 2.26. The van der Waals surface area contributed by atoms with Crippen LogP contribution in [-0.2, 0) is 6.54 Å². The second-order valence-corrected chi connectivity index (χ2v) is 4.30. The van der Waals surface area contributed by atoms with Gasteiger partial charge in [-0.05, 0) is 25.7 Å². The molecule has 1 aliphatic rings. The van der Waals surface area contributed by atoms with E-state index in [2.05, 4.69) is 16.8 Å². The lowest BCUT2D eigenvalue weighted by atomic mass is 10.1. The summed E-state index contributed by atoms with van der Waals surface area (Å²) in [6.45, 7) is 4.80. The van der Waals surface area contributed by atoms with Crippen molar-refractivity contribution >= 4 is 5.82 Å². The van der Waals surface area contributed by atoms with Gasteiger partial charge >= 0.3 is 0 Å². The summed E-state index contributed by atoms with van der Waals surface area (Å²) >= 11 is 0. The standard InChI is InChI=1S/C12H19N3O/c1-2-7-15-10-6-13-11(12(15)16)14-8-4-3-5-9-14/h6,10H,2-5,7-9H2,1H3. The molecule has 1 aliphatic heterocycles. The number of hydrogen-bond acceptors (Lipinski definition) is 3. The molecule has 16 heavy (non-hydrogen) atoms. The first-order valence-corrected chi connectivity index (χ1v) is 6.13. The van der Waals surface area contributed by atoms with E-state index in [0.29, 0.717) is 5.82 Å². The van der Waals surface area contributed by atoms with Gasteiger partial charge in [0, 0.05) is 32.0 Å². The number of nitrogens with zero attached hydrogens (tertiary/aromatic N) is 3. The van der Waals surface area contributed by atoms with E-state index in [9.17, 15) is 4.79 Å². The van der Waals surface area contributed by atoms with Crippen LogP contribution in [0.25, 0.3) is 0 Å². The van der Waals surface area contributed by atoms with Crippen molar-refractivity contribution in [2.45, 2.75) is 39.2 Å². The van der Waals surface area contributed by atoms with Gasteiger partial charge in [0.15, 0.2) is 5.82 Å². The van der Waals surface area contributed by atoms with Gasteiger partial charge in [-0.25, -0.2) is 4.98 Å². The summed E-state index contributed by atoms with van der Waals surface area (Å²) in [5, 5.41) is 0. The maximum atomic E-state index is 12.1. The summed E-state index contributed by atoms with van der Waals surface area (Å²) in [5.41, 5.74) is 0.0613. The molecule has 0 bridgehead atoms. The smallest absolute Gasteiger partial charge is 0.293 e. The van der Waals surface area contributed by atoms with Crippen LogP contribution in [-0.4, -0.2) is 22.6 Å². The van der Waals surface area contributed by atoms with Gasteiger partial charge in [0.25, 0.3) is 5.56 Å². The van der Waals surface area contributed by atoms with Gasteiger partial charge < -0.3 is 9.47 Å². The molecule has 0 aromatic carbocycles. The molecular formula is C12H19N3O. The van der Waals surface area contributed by atoms with E-state index in [-0.39, 0.29) is 5.56 Å². The third-order valence-electron chi connectivity index (χ3n) is 3.02. The number of piperidine rings is 1. The minimum atomic E-state index is 0.0613. The zero-order valence-corrected chi connectivity index (χ0v) is 9.85. The van der Waals surface area contributed by atoms with Gasteiger partial charge in [0.05, 0.1) is 0 Å². The van der Waals surface area contributed by atoms with Gasteiger partial charge in [-0.2, -0.15) is 0 Å². The van der Waals surface area contributed by atoms with Gasteiger partial charge in [-0.3, -0.25) is 4.79 Å². The van der Waals surface area contributed by atoms with Gasteiger partial charge in [-0.1, -0.05) is 6.92 Å². The highest BCUT2D eigenvalue weighted by atomic mass is 16.1. The number of anilines is 1. The molecule has 1 aromatic rings. The van der Waals surface area contributed by atoms with Gasteiger partial charge in [-0.15, -0.1) is 0 Å². The lowest BCUT2D eigenvalue weighted by molar-refractivity contribution is 0.564. The Morgan fingerprint density at radius 2 is 2.06 bits per heavy atom. The quantitative estimate of drug-likeness (QED) is 0.779. The van der Waals surface area contributed by atoms with Crippen LogP contribution < -0.4 is 10.5 Å². The average molecular weight is 221 g/mol. The molecule has 88 valence electrons. The van der Waals surface area contributed by atoms with Crippen molar-refractivity contribution in [3.05, 3.63) is 22.7 Å². The molecule has 0 atom stereocenters. The zero-order chi connectivity index (χ0) is 11.4. The summed E-state index contributed by atoms with van der Waals surface area (Å²) in [5.74, 6) is 0.635. The van der Waals surface area contributed by atoms with Crippen molar-refractivity contribution in [2.75, 3.05) is 18.0 Å². The average Bonchev–Trinajstić information content (AvgIpc) is 2.33. The number of aryl methyl sites for hydroxylation is 1. The second kappa shape index (κ2) is 5.14. The zero-order valence-electron chi connectivity index (χ0n) is 9.85. The van der Waals surface area contributed by atoms with E-state index in [1.54, 1.807) is 17.0 Å². The first-order chi connectivity index (χ1) is 7.83. The van der Waals surface area contributed by atoms with Crippen molar-refractivity contribution in [1.29, 1.82) is 0 Å². The van der Waals surface area contributed by atoms with Crippen LogP contribution in [0.5, 0.6) is 0 Å². The molecular weight excluding hydrogens is 202 g/mol. The summed E-state index contributed by atoms with van der Waals surface area (Å²) in [7, 11) is 0. The Morgan fingerprint density at radius 3 is 2.75 bits per heavy atom. The fraction of sp³-hybridized carbons (Fsp3) is 0.667. The maximum absolute atomic E-state index is 12.1. The number of aromatic nitrogens is 2. The highest BCUT2D eigenvalue weighted by molar-refractivity contribution is 5.35. The molecule has 1 fully saturated rings. The topological polar surface area (TPSA) is 38.1 Å². The SMILES string of the molecule is CCCn1ccnc(N2CCCCC2)c1=O. The molecule has 1 saturated heterocycles. The van der Waals surface area contributed by atoms with E-state index in [0.717, 1.165) is 26.1 Å². The summed E-state index contributed by atoms with van der Waals surface area (Å²) in [4.78, 5) is 18.5. The molecule has 2 heterocycles. The molecule has 4 heteroatoms. The van der Waals surface area contributed by atoms with Crippen LogP contribution in [0.4, 0.5) is 5.82 Å². The predicted molar refractivity (Wildman–Crippen MR) is 64.9 cm³/mol. The fourth-order valence-electron chi connectivity index (χ4n) is 2.18. The van der Waals surface area contributed by atoms with Crippen molar-refractivity contribution in [1.82, 2.24) is 9.55 Å². The maximum Gasteiger partial charge on any atom is 0.293 e. The Hall–Kier alpha value is -1.32. The Kier molecular flexibility index (Phi) is 3.59. The molecule has 0 unspecified atom stereocenters. The van der Waals surface area contributed by atoms with Gasteiger partial charge in [0.1, 0.15) is 0 Å². The van der Waals surface area contributed by atoms with Crippen LogP contribution in [0.2, 0.25) is 0 Å². The summed E-state index contributed by atoms with van der Waals surface area (Å²) in [6.07, 6.45) is 8.10. The van der Waals surface area contributed by atoms with E-state index in [1.807, 2.05) is 0 Å². The highest BCUT2D eigenvalue weighted by Gasteiger charge is 2.15. The molecule has 0 radical (unpaired) electrons. The third-order valence-corrected chi connectivity index (χ3v) is 3.02. The number of hydrogen-bond donors (Lipinski definition) is 0. The van der Waals surface area contributed by atoms with E-state index in [1.165, 1.54) is 19.3 Å². The molecule has 0 saturated carbocycles. The molecule has 1 aromatic heterocycles. The van der Waals surface area contributed by atoms with Crippen molar-refractivity contribution in [3.63, 3.8) is 0 Å². The molecule has 4 nitrogen and oxygen atoms in total. The Bertz CT molecular complexity index is 393. The first-order valence-electron chi connectivity index (χ1n) is 6.13. The monoisotopic (exact) mass is 221 g/mol. The van der Waals surface area contributed by atoms with Crippen molar-refractivity contribution in [2.24, 2.45) is 0 Å². The molecule has 0 amide bonds. The van der Waals surface area contributed by atoms with E-state index in [4.69, 9.17) is 0 Å². The molecule has 0 spiro atoms. The largest absolute Gasteiger partial charge is 0.352 e. The normalized spacial score (nSPS) is 16.4. The lowest BCUT2D eigenvalue weighted by Crippen LogP contribution is -2.36. The first kappa shape index (κ1) is 11.2. The van der Waals surface area contributed by atoms with Crippen LogP contribution in [0.1, 0.15) is 32.6 Å². The van der Waals surface area contributed by atoms with Gasteiger partial charge in [0.2, 0.25) is 0 Å². The van der Waals surface area contributed by atoms with E-state index >= 15 is 0 Å². The van der Waals surface area contributed by atoms with Crippen LogP contribution >= 0.6 is 0 Å². The molecule has 2 rings (SSSR count). The second-order valence-electron chi connectivity index (χ2n) is 4.30. The summed E-state index contributed by atoms with van der Waals surface area (Å²) in [6, 6.07) is 0. The van der Waals surface area contributed by atoms with Crippen LogP contribution in [0, 0.1) is 0 Å². The predicted octanol–water partition coefficient (Wildman–Crippen LogP) is 1.64. The highest BCUT2D eigenvalue weighted by Crippen LogP contribution is 2.13. The van der Waals surface area contributed by atoms with Crippen LogP contribution in [0.15, 0.2) is 17.2 Å². The Labute approximate surface area is 95.9 Å². The van der Waals surface area contributed by atoms with E-state index < -0.39 is 0 Å². The minimum Gasteiger partial charge on any atom is -0.352 e. The summed E-state index contributed by atoms with van der Waals surface area (Å²) < 4.78 is 1.76. The molecule has 0 aliphatic carbocycles. The number of rotatable bonds is 3. The van der Waals surface area contributed by atoms with Crippen LogP contribution in [0.3, 0.4) is 0 Å². The Balaban J connectivity index is 2.26. The lowest BCUT2D eigenvalue weighted by Gasteiger charge is -2.27. The van der Waals surface area contributed by atoms with Crippen molar-refractivity contribution < 1.29 is 0 Å². The van der Waals surface area contributed by atoms with Crippen molar-refractivity contribution in [3.8, 4) is 0 Å². The molecule has 0 N–H and O–H groups in total.